The molecule has 0 saturated carbocycles. The fraction of sp³-hybridized carbons (Fsp3) is 0.0769. The van der Waals surface area contributed by atoms with Gasteiger partial charge in [-0.3, -0.25) is 0 Å². The zero-order valence-electron chi connectivity index (χ0n) is 8.68. The minimum absolute atomic E-state index is 0.482. The van der Waals surface area contributed by atoms with Crippen LogP contribution in [-0.2, 0) is 0 Å². The van der Waals surface area contributed by atoms with Crippen molar-refractivity contribution < 1.29 is 4.42 Å². The largest absolute Gasteiger partial charge is 0.456 e. The van der Waals surface area contributed by atoms with Crippen LogP contribution in [0.2, 0.25) is 0 Å². The molecular formula is C13H12N2O. The molecule has 1 aromatic heterocycles. The van der Waals surface area contributed by atoms with Gasteiger partial charge in [0, 0.05) is 10.8 Å². The highest BCUT2D eigenvalue weighted by Gasteiger charge is 2.12. The van der Waals surface area contributed by atoms with Crippen LogP contribution in [0.3, 0.4) is 0 Å². The van der Waals surface area contributed by atoms with Gasteiger partial charge in [-0.15, -0.1) is 0 Å². The lowest BCUT2D eigenvalue weighted by molar-refractivity contribution is 0.668. The minimum Gasteiger partial charge on any atom is -0.456 e. The highest BCUT2D eigenvalue weighted by atomic mass is 16.3. The van der Waals surface area contributed by atoms with Crippen LogP contribution in [0.4, 0.5) is 0 Å². The summed E-state index contributed by atoms with van der Waals surface area (Å²) in [4.78, 5) is 0. The fourth-order valence-corrected chi connectivity index (χ4v) is 2.08. The summed E-state index contributed by atoms with van der Waals surface area (Å²) in [5.41, 5.74) is 14.2. The first kappa shape index (κ1) is 9.39. The highest BCUT2D eigenvalue weighted by Crippen LogP contribution is 2.32. The van der Waals surface area contributed by atoms with E-state index in [-0.39, 0.29) is 0 Å². The van der Waals surface area contributed by atoms with Gasteiger partial charge in [0.25, 0.3) is 0 Å². The molecule has 0 atom stereocenters. The van der Waals surface area contributed by atoms with Gasteiger partial charge in [-0.1, -0.05) is 30.3 Å². The lowest BCUT2D eigenvalue weighted by Gasteiger charge is -2.06. The molecule has 0 amide bonds. The van der Waals surface area contributed by atoms with Gasteiger partial charge in [0.15, 0.2) is 0 Å². The number of hydrogen-bond acceptors (Lipinski definition) is 3. The predicted octanol–water partition coefficient (Wildman–Crippen LogP) is 2.50. The third kappa shape index (κ3) is 1.23. The Morgan fingerprint density at radius 1 is 0.875 bits per heavy atom. The highest BCUT2D eigenvalue weighted by molar-refractivity contribution is 6.06. The van der Waals surface area contributed by atoms with Crippen LogP contribution in [0.1, 0.15) is 11.7 Å². The zero-order valence-corrected chi connectivity index (χ0v) is 8.68. The van der Waals surface area contributed by atoms with E-state index in [1.807, 2.05) is 42.5 Å². The first-order valence-corrected chi connectivity index (χ1v) is 5.18. The van der Waals surface area contributed by atoms with Crippen LogP contribution in [0.15, 0.2) is 46.9 Å². The molecule has 0 unspecified atom stereocenters. The zero-order chi connectivity index (χ0) is 11.1. The van der Waals surface area contributed by atoms with E-state index in [0.717, 1.165) is 27.5 Å². The Morgan fingerprint density at radius 3 is 2.44 bits per heavy atom. The smallest absolute Gasteiger partial charge is 0.135 e. The summed E-state index contributed by atoms with van der Waals surface area (Å²) < 4.78 is 5.73. The lowest BCUT2D eigenvalue weighted by atomic mass is 10.0. The first-order valence-electron chi connectivity index (χ1n) is 5.18. The van der Waals surface area contributed by atoms with Crippen molar-refractivity contribution >= 4 is 21.9 Å². The molecule has 0 aliphatic rings. The van der Waals surface area contributed by atoms with Crippen LogP contribution in [0, 0.1) is 0 Å². The van der Waals surface area contributed by atoms with E-state index in [1.54, 1.807) is 0 Å². The molecule has 0 saturated heterocycles. The summed E-state index contributed by atoms with van der Waals surface area (Å²) in [7, 11) is 0. The molecule has 3 heteroatoms. The van der Waals surface area contributed by atoms with Crippen molar-refractivity contribution in [3.63, 3.8) is 0 Å². The molecule has 80 valence electrons. The molecule has 1 heterocycles. The number of rotatable bonds is 1. The second kappa shape index (κ2) is 3.33. The summed E-state index contributed by atoms with van der Waals surface area (Å²) >= 11 is 0. The molecule has 4 N–H and O–H groups in total. The van der Waals surface area contributed by atoms with E-state index in [4.69, 9.17) is 15.9 Å². The number of furan rings is 1. The third-order valence-corrected chi connectivity index (χ3v) is 2.79. The van der Waals surface area contributed by atoms with E-state index in [9.17, 15) is 0 Å². The van der Waals surface area contributed by atoms with Crippen LogP contribution in [-0.4, -0.2) is 0 Å². The van der Waals surface area contributed by atoms with Crippen LogP contribution in [0.25, 0.3) is 21.9 Å². The number of fused-ring (bicyclic) bond motifs is 3. The third-order valence-electron chi connectivity index (χ3n) is 2.79. The van der Waals surface area contributed by atoms with Gasteiger partial charge in [-0.05, 0) is 17.7 Å². The van der Waals surface area contributed by atoms with Gasteiger partial charge in [-0.25, -0.2) is 0 Å². The topological polar surface area (TPSA) is 65.2 Å². The predicted molar refractivity (Wildman–Crippen MR) is 64.8 cm³/mol. The van der Waals surface area contributed by atoms with E-state index >= 15 is 0 Å². The monoisotopic (exact) mass is 212 g/mol. The van der Waals surface area contributed by atoms with E-state index in [0.29, 0.717) is 0 Å². The van der Waals surface area contributed by atoms with E-state index < -0.39 is 6.17 Å². The fourth-order valence-electron chi connectivity index (χ4n) is 2.08. The Bertz CT molecular complexity index is 655. The molecular weight excluding hydrogens is 200 g/mol. The summed E-state index contributed by atoms with van der Waals surface area (Å²) in [6.45, 7) is 0. The van der Waals surface area contributed by atoms with E-state index in [2.05, 4.69) is 0 Å². The molecule has 0 aliphatic heterocycles. The van der Waals surface area contributed by atoms with Gasteiger partial charge in [0.2, 0.25) is 0 Å². The van der Waals surface area contributed by atoms with Crippen molar-refractivity contribution in [3.8, 4) is 0 Å². The van der Waals surface area contributed by atoms with Gasteiger partial charge in [0.1, 0.15) is 11.2 Å². The Kier molecular flexibility index (Phi) is 1.96. The maximum absolute atomic E-state index is 5.77. The van der Waals surface area contributed by atoms with E-state index in [1.165, 1.54) is 0 Å². The second-order valence-corrected chi connectivity index (χ2v) is 3.84. The second-order valence-electron chi connectivity index (χ2n) is 3.84. The van der Waals surface area contributed by atoms with Gasteiger partial charge in [-0.2, -0.15) is 0 Å². The SMILES string of the molecule is NC(N)c1cccc2oc3ccccc3c12. The average Bonchev–Trinajstić information content (AvgIpc) is 2.66. The summed E-state index contributed by atoms with van der Waals surface area (Å²) in [5.74, 6) is 0. The lowest BCUT2D eigenvalue weighted by Crippen LogP contribution is -2.20. The first-order chi connectivity index (χ1) is 7.77. The molecule has 0 bridgehead atoms. The molecule has 16 heavy (non-hydrogen) atoms. The number of hydrogen-bond donors (Lipinski definition) is 2. The van der Waals surface area contributed by atoms with Gasteiger partial charge >= 0.3 is 0 Å². The van der Waals surface area contributed by atoms with Crippen molar-refractivity contribution in [2.45, 2.75) is 6.17 Å². The summed E-state index contributed by atoms with van der Waals surface area (Å²) in [6.07, 6.45) is -0.482. The minimum atomic E-state index is -0.482. The Morgan fingerprint density at radius 2 is 1.62 bits per heavy atom. The van der Waals surface area contributed by atoms with Crippen molar-refractivity contribution in [1.29, 1.82) is 0 Å². The molecule has 0 aliphatic carbocycles. The van der Waals surface area contributed by atoms with Gasteiger partial charge < -0.3 is 15.9 Å². The molecule has 0 radical (unpaired) electrons. The summed E-state index contributed by atoms with van der Waals surface area (Å²) in [6, 6.07) is 13.7. The maximum atomic E-state index is 5.77. The Hall–Kier alpha value is -1.84. The molecule has 3 nitrogen and oxygen atoms in total. The van der Waals surface area contributed by atoms with Crippen molar-refractivity contribution in [2.75, 3.05) is 0 Å². The normalized spacial score (nSPS) is 11.7. The molecule has 3 aromatic rings. The number of para-hydroxylation sites is 1. The Labute approximate surface area is 92.6 Å². The molecule has 0 spiro atoms. The van der Waals surface area contributed by atoms with Gasteiger partial charge in [0.05, 0.1) is 6.17 Å². The molecule has 3 rings (SSSR count). The van der Waals surface area contributed by atoms with Crippen molar-refractivity contribution in [1.82, 2.24) is 0 Å². The molecule has 0 fully saturated rings. The summed E-state index contributed by atoms with van der Waals surface area (Å²) in [5, 5.41) is 2.09. The van der Waals surface area contributed by atoms with Crippen LogP contribution < -0.4 is 11.5 Å². The molecule has 2 aromatic carbocycles. The number of nitrogens with two attached hydrogens (primary N) is 2. The van der Waals surface area contributed by atoms with Crippen LogP contribution >= 0.6 is 0 Å². The van der Waals surface area contributed by atoms with Crippen molar-refractivity contribution in [2.24, 2.45) is 11.5 Å². The maximum Gasteiger partial charge on any atom is 0.135 e. The standard InChI is InChI=1S/C13H12N2O/c14-13(15)9-5-3-7-11-12(9)8-4-1-2-6-10(8)16-11/h1-7,13H,14-15H2. The van der Waals surface area contributed by atoms with Crippen molar-refractivity contribution in [3.05, 3.63) is 48.0 Å². The Balaban J connectivity index is 2.53. The van der Waals surface area contributed by atoms with Crippen LogP contribution in [0.5, 0.6) is 0 Å². The number of benzene rings is 2. The average molecular weight is 212 g/mol. The quantitative estimate of drug-likeness (QED) is 0.609.